The van der Waals surface area contributed by atoms with Gasteiger partial charge in [-0.3, -0.25) is 14.4 Å². The minimum atomic E-state index is -0.449. The third kappa shape index (κ3) is 3.66. The summed E-state index contributed by atoms with van der Waals surface area (Å²) >= 11 is 1.16. The van der Waals surface area contributed by atoms with Crippen LogP contribution in [0.15, 0.2) is 18.2 Å². The number of carbonyl (C=O) groups excluding carboxylic acids is 2. The Morgan fingerprint density at radius 2 is 2.09 bits per heavy atom. The van der Waals surface area contributed by atoms with Gasteiger partial charge in [-0.15, -0.1) is 11.3 Å². The number of hydrogen-bond acceptors (Lipinski definition) is 5. The topological polar surface area (TPSA) is 67.9 Å². The van der Waals surface area contributed by atoms with Crippen LogP contribution < -0.4 is 5.32 Å². The van der Waals surface area contributed by atoms with Crippen molar-refractivity contribution in [1.82, 2.24) is 10.4 Å². The molecule has 0 spiro atoms. The highest BCUT2D eigenvalue weighted by Crippen LogP contribution is 2.33. The number of halogens is 1. The maximum absolute atomic E-state index is 14.1. The molecule has 0 saturated heterocycles. The first-order valence-corrected chi connectivity index (χ1v) is 7.59. The molecule has 2 amide bonds. The molecular formula is C15H17FN2O4S. The van der Waals surface area contributed by atoms with E-state index in [4.69, 9.17) is 9.57 Å². The van der Waals surface area contributed by atoms with Gasteiger partial charge in [0.2, 0.25) is 0 Å². The average molecular weight is 340 g/mol. The molecule has 1 heterocycles. The van der Waals surface area contributed by atoms with Gasteiger partial charge in [0.05, 0.1) is 25.1 Å². The van der Waals surface area contributed by atoms with Crippen molar-refractivity contribution in [2.75, 3.05) is 27.8 Å². The van der Waals surface area contributed by atoms with Gasteiger partial charge >= 0.3 is 0 Å². The van der Waals surface area contributed by atoms with Gasteiger partial charge in [0.1, 0.15) is 5.82 Å². The summed E-state index contributed by atoms with van der Waals surface area (Å²) in [7, 11) is 4.27. The van der Waals surface area contributed by atoms with Crippen molar-refractivity contribution < 1.29 is 23.6 Å². The summed E-state index contributed by atoms with van der Waals surface area (Å²) in [6.45, 7) is -0.109. The van der Waals surface area contributed by atoms with Crippen LogP contribution in [-0.2, 0) is 21.0 Å². The third-order valence-electron chi connectivity index (χ3n) is 3.28. The maximum Gasteiger partial charge on any atom is 0.265 e. The number of hydrogen-bond donors (Lipinski definition) is 1. The van der Waals surface area contributed by atoms with E-state index in [1.165, 1.54) is 27.3 Å². The van der Waals surface area contributed by atoms with Gasteiger partial charge in [-0.05, 0) is 12.1 Å². The zero-order valence-electron chi connectivity index (χ0n) is 13.0. The van der Waals surface area contributed by atoms with Crippen LogP contribution in [0.2, 0.25) is 0 Å². The molecule has 0 fully saturated rings. The van der Waals surface area contributed by atoms with E-state index in [2.05, 4.69) is 5.32 Å². The minimum absolute atomic E-state index is 0.107. The average Bonchev–Trinajstić information content (AvgIpc) is 2.92. The predicted molar refractivity (Wildman–Crippen MR) is 84.6 cm³/mol. The Labute approximate surface area is 136 Å². The van der Waals surface area contributed by atoms with Crippen LogP contribution >= 0.6 is 11.3 Å². The summed E-state index contributed by atoms with van der Waals surface area (Å²) in [6.07, 6.45) is 0. The lowest BCUT2D eigenvalue weighted by atomic mass is 10.1. The fourth-order valence-electron chi connectivity index (χ4n) is 2.08. The third-order valence-corrected chi connectivity index (χ3v) is 4.48. The Morgan fingerprint density at radius 1 is 1.35 bits per heavy atom. The fraction of sp³-hybridized carbons (Fsp3) is 0.333. The highest BCUT2D eigenvalue weighted by molar-refractivity contribution is 7.21. The summed E-state index contributed by atoms with van der Waals surface area (Å²) in [6, 6.07) is 4.67. The molecule has 0 aliphatic heterocycles. The largest absolute Gasteiger partial charge is 0.380 e. The lowest BCUT2D eigenvalue weighted by Gasteiger charge is -2.13. The molecule has 1 aromatic heterocycles. The number of rotatable bonds is 6. The summed E-state index contributed by atoms with van der Waals surface area (Å²) in [4.78, 5) is 29.1. The van der Waals surface area contributed by atoms with Crippen LogP contribution in [0, 0.1) is 5.82 Å². The molecule has 1 N–H and O–H groups in total. The number of ether oxygens (including phenoxy) is 1. The van der Waals surface area contributed by atoms with E-state index in [-0.39, 0.29) is 13.2 Å². The fourth-order valence-corrected chi connectivity index (χ4v) is 3.22. The van der Waals surface area contributed by atoms with Gasteiger partial charge in [0, 0.05) is 29.8 Å². The summed E-state index contributed by atoms with van der Waals surface area (Å²) < 4.78 is 19.8. The molecule has 0 aliphatic carbocycles. The number of thiophene rings is 1. The SMILES string of the molecule is COCc1c(C(=O)NCC(=O)N(C)OC)sc2cccc(F)c12. The van der Waals surface area contributed by atoms with Gasteiger partial charge in [-0.25, -0.2) is 9.45 Å². The number of nitrogens with one attached hydrogen (secondary N) is 1. The van der Waals surface area contributed by atoms with Crippen LogP contribution in [0.4, 0.5) is 4.39 Å². The van der Waals surface area contributed by atoms with E-state index in [0.717, 1.165) is 16.4 Å². The number of nitrogens with zero attached hydrogens (tertiary/aromatic N) is 1. The van der Waals surface area contributed by atoms with Crippen LogP contribution in [0.1, 0.15) is 15.2 Å². The van der Waals surface area contributed by atoms with E-state index in [1.54, 1.807) is 12.1 Å². The molecule has 0 radical (unpaired) electrons. The maximum atomic E-state index is 14.1. The Balaban J connectivity index is 2.28. The molecule has 0 saturated carbocycles. The lowest BCUT2D eigenvalue weighted by Crippen LogP contribution is -2.37. The van der Waals surface area contributed by atoms with E-state index in [0.29, 0.717) is 20.5 Å². The van der Waals surface area contributed by atoms with E-state index in [9.17, 15) is 14.0 Å². The zero-order chi connectivity index (χ0) is 17.0. The predicted octanol–water partition coefficient (Wildman–Crippen LogP) is 1.94. The molecule has 2 aromatic rings. The van der Waals surface area contributed by atoms with Crippen molar-refractivity contribution in [1.29, 1.82) is 0 Å². The molecular weight excluding hydrogens is 323 g/mol. The standard InChI is InChI=1S/C15H17FN2O4S/c1-18(22-3)12(19)7-17-15(20)14-9(8-21-2)13-10(16)5-4-6-11(13)23-14/h4-6H,7-8H2,1-3H3,(H,17,20). The number of likely N-dealkylation sites (N-methyl/N-ethyl adjacent to an activating group) is 1. The molecule has 1 aromatic carbocycles. The molecule has 23 heavy (non-hydrogen) atoms. The molecule has 2 rings (SSSR count). The summed E-state index contributed by atoms with van der Waals surface area (Å²) in [5.41, 5.74) is 0.482. The molecule has 0 bridgehead atoms. The normalized spacial score (nSPS) is 10.8. The molecule has 8 heteroatoms. The number of methoxy groups -OCH3 is 1. The van der Waals surface area contributed by atoms with Crippen molar-refractivity contribution in [3.05, 3.63) is 34.5 Å². The minimum Gasteiger partial charge on any atom is -0.380 e. The van der Waals surface area contributed by atoms with Gasteiger partial charge in [0.25, 0.3) is 11.8 Å². The second-order valence-electron chi connectivity index (χ2n) is 4.71. The van der Waals surface area contributed by atoms with Gasteiger partial charge in [0.15, 0.2) is 0 Å². The molecule has 6 nitrogen and oxygen atoms in total. The van der Waals surface area contributed by atoms with Crippen molar-refractivity contribution in [3.8, 4) is 0 Å². The van der Waals surface area contributed by atoms with Gasteiger partial charge < -0.3 is 10.1 Å². The summed E-state index contributed by atoms with van der Waals surface area (Å²) in [5, 5.41) is 3.91. The molecule has 0 unspecified atom stereocenters. The van der Waals surface area contributed by atoms with Crippen molar-refractivity contribution in [3.63, 3.8) is 0 Å². The number of carbonyl (C=O) groups is 2. The van der Waals surface area contributed by atoms with Crippen LogP contribution in [0.25, 0.3) is 10.1 Å². The molecule has 0 atom stereocenters. The highest BCUT2D eigenvalue weighted by atomic mass is 32.1. The second kappa shape index (κ2) is 7.49. The van der Waals surface area contributed by atoms with Gasteiger partial charge in [-0.1, -0.05) is 6.07 Å². The quantitative estimate of drug-likeness (QED) is 0.816. The van der Waals surface area contributed by atoms with Crippen molar-refractivity contribution >= 4 is 33.2 Å². The number of amides is 2. The van der Waals surface area contributed by atoms with E-state index >= 15 is 0 Å². The lowest BCUT2D eigenvalue weighted by molar-refractivity contribution is -0.167. The van der Waals surface area contributed by atoms with Crippen molar-refractivity contribution in [2.24, 2.45) is 0 Å². The first-order valence-electron chi connectivity index (χ1n) is 6.77. The highest BCUT2D eigenvalue weighted by Gasteiger charge is 2.21. The monoisotopic (exact) mass is 340 g/mol. The second-order valence-corrected chi connectivity index (χ2v) is 5.76. The summed E-state index contributed by atoms with van der Waals surface area (Å²) in [5.74, 6) is -1.25. The van der Waals surface area contributed by atoms with Crippen LogP contribution in [-0.4, -0.2) is 44.7 Å². The Kier molecular flexibility index (Phi) is 5.64. The number of hydroxylamine groups is 2. The number of fused-ring (bicyclic) bond motifs is 1. The molecule has 0 aliphatic rings. The smallest absolute Gasteiger partial charge is 0.265 e. The first-order chi connectivity index (χ1) is 11.0. The molecule has 124 valence electrons. The van der Waals surface area contributed by atoms with Crippen LogP contribution in [0.5, 0.6) is 0 Å². The Morgan fingerprint density at radius 3 is 2.74 bits per heavy atom. The zero-order valence-corrected chi connectivity index (χ0v) is 13.8. The van der Waals surface area contributed by atoms with E-state index < -0.39 is 17.6 Å². The van der Waals surface area contributed by atoms with Crippen molar-refractivity contribution in [2.45, 2.75) is 6.61 Å². The van der Waals surface area contributed by atoms with Crippen LogP contribution in [0.3, 0.4) is 0 Å². The first kappa shape index (κ1) is 17.3. The van der Waals surface area contributed by atoms with E-state index in [1.807, 2.05) is 0 Å². The van der Waals surface area contributed by atoms with Gasteiger partial charge in [-0.2, -0.15) is 0 Å². The number of benzene rings is 1. The Hall–Kier alpha value is -2.03. The Bertz CT molecular complexity index is 732.